The van der Waals surface area contributed by atoms with E-state index in [1.165, 1.54) is 11.3 Å². The minimum Gasteiger partial charge on any atom is -0.296 e. The van der Waals surface area contributed by atoms with Crippen molar-refractivity contribution < 1.29 is 4.79 Å². The van der Waals surface area contributed by atoms with Crippen molar-refractivity contribution in [3.8, 4) is 6.07 Å². The fourth-order valence-corrected chi connectivity index (χ4v) is 2.55. The van der Waals surface area contributed by atoms with Crippen molar-refractivity contribution in [2.24, 2.45) is 5.92 Å². The molecule has 0 unspecified atom stereocenters. The van der Waals surface area contributed by atoms with Gasteiger partial charge in [0.05, 0.1) is 11.6 Å². The summed E-state index contributed by atoms with van der Waals surface area (Å²) in [6, 6.07) is 8.46. The van der Waals surface area contributed by atoms with Crippen LogP contribution in [0.25, 0.3) is 0 Å². The van der Waals surface area contributed by atoms with Gasteiger partial charge in [0.25, 0.3) is 5.91 Å². The molecule has 1 aromatic carbocycles. The Morgan fingerprint density at radius 1 is 1.35 bits per heavy atom. The molecule has 0 spiro atoms. The van der Waals surface area contributed by atoms with E-state index in [9.17, 15) is 4.79 Å². The van der Waals surface area contributed by atoms with Crippen molar-refractivity contribution in [2.45, 2.75) is 20.3 Å². The summed E-state index contributed by atoms with van der Waals surface area (Å²) >= 11 is 1.39. The lowest BCUT2D eigenvalue weighted by atomic mass is 10.1. The lowest BCUT2D eigenvalue weighted by Crippen LogP contribution is -2.11. The summed E-state index contributed by atoms with van der Waals surface area (Å²) < 4.78 is 0. The highest BCUT2D eigenvalue weighted by atomic mass is 32.1. The Hall–Kier alpha value is -2.26. The van der Waals surface area contributed by atoms with Gasteiger partial charge in [-0.1, -0.05) is 25.2 Å². The number of hydrogen-bond donors (Lipinski definition) is 1. The molecule has 2 aromatic rings. The van der Waals surface area contributed by atoms with Gasteiger partial charge in [0.1, 0.15) is 5.01 Å². The average Bonchev–Trinajstić information content (AvgIpc) is 2.85. The molecule has 1 aromatic heterocycles. The largest absolute Gasteiger partial charge is 0.296 e. The number of nitrogens with one attached hydrogen (secondary N) is 1. The quantitative estimate of drug-likeness (QED) is 0.937. The lowest BCUT2D eigenvalue weighted by molar-refractivity contribution is 0.102. The number of rotatable bonds is 4. The van der Waals surface area contributed by atoms with E-state index >= 15 is 0 Å². The number of carbonyl (C=O) groups excluding carboxylic acids is 1. The van der Waals surface area contributed by atoms with Gasteiger partial charge in [-0.2, -0.15) is 5.26 Å². The van der Waals surface area contributed by atoms with Crippen LogP contribution in [0.2, 0.25) is 0 Å². The zero-order valence-corrected chi connectivity index (χ0v) is 12.1. The molecule has 0 atom stereocenters. The summed E-state index contributed by atoms with van der Waals surface area (Å²) in [5, 5.41) is 20.8. The van der Waals surface area contributed by atoms with Gasteiger partial charge in [0.2, 0.25) is 5.13 Å². The minimum atomic E-state index is -0.248. The fourth-order valence-electron chi connectivity index (χ4n) is 1.60. The van der Waals surface area contributed by atoms with Crippen molar-refractivity contribution in [3.05, 3.63) is 40.4 Å². The van der Waals surface area contributed by atoms with Gasteiger partial charge in [-0.25, -0.2) is 0 Å². The monoisotopic (exact) mass is 286 g/mol. The smallest absolute Gasteiger partial charge is 0.257 e. The second kappa shape index (κ2) is 6.26. The predicted molar refractivity (Wildman–Crippen MR) is 77.6 cm³/mol. The van der Waals surface area contributed by atoms with Crippen LogP contribution in [0, 0.1) is 17.2 Å². The van der Waals surface area contributed by atoms with Crippen LogP contribution in [0.4, 0.5) is 5.13 Å². The summed E-state index contributed by atoms with van der Waals surface area (Å²) in [6.07, 6.45) is 0.852. The van der Waals surface area contributed by atoms with E-state index in [2.05, 4.69) is 29.4 Å². The molecule has 102 valence electrons. The van der Waals surface area contributed by atoms with Crippen LogP contribution in [0.15, 0.2) is 24.3 Å². The summed E-state index contributed by atoms with van der Waals surface area (Å²) in [4.78, 5) is 12.0. The van der Waals surface area contributed by atoms with Crippen molar-refractivity contribution in [1.82, 2.24) is 10.2 Å². The number of benzene rings is 1. The maximum absolute atomic E-state index is 12.0. The summed E-state index contributed by atoms with van der Waals surface area (Å²) in [6.45, 7) is 4.22. The molecular weight excluding hydrogens is 272 g/mol. The molecule has 6 heteroatoms. The van der Waals surface area contributed by atoms with Crippen LogP contribution >= 0.6 is 11.3 Å². The normalized spacial score (nSPS) is 10.3. The van der Waals surface area contributed by atoms with Crippen molar-refractivity contribution in [2.75, 3.05) is 5.32 Å². The first-order valence-electron chi connectivity index (χ1n) is 6.22. The number of amides is 1. The predicted octanol–water partition coefficient (Wildman–Crippen LogP) is 2.86. The molecule has 5 nitrogen and oxygen atoms in total. The van der Waals surface area contributed by atoms with E-state index < -0.39 is 0 Å². The minimum absolute atomic E-state index is 0.248. The molecule has 1 heterocycles. The van der Waals surface area contributed by atoms with Gasteiger partial charge >= 0.3 is 0 Å². The Morgan fingerprint density at radius 3 is 2.65 bits per heavy atom. The maximum Gasteiger partial charge on any atom is 0.257 e. The molecular formula is C14H14N4OS. The van der Waals surface area contributed by atoms with Crippen LogP contribution in [-0.2, 0) is 6.42 Å². The van der Waals surface area contributed by atoms with Crippen molar-refractivity contribution >= 4 is 22.4 Å². The highest BCUT2D eigenvalue weighted by Crippen LogP contribution is 2.19. The highest BCUT2D eigenvalue weighted by molar-refractivity contribution is 7.15. The van der Waals surface area contributed by atoms with E-state index in [-0.39, 0.29) is 5.91 Å². The number of aromatic nitrogens is 2. The van der Waals surface area contributed by atoms with Crippen LogP contribution in [0.5, 0.6) is 0 Å². The first-order chi connectivity index (χ1) is 9.58. The second-order valence-electron chi connectivity index (χ2n) is 4.74. The molecule has 0 aliphatic rings. The first kappa shape index (κ1) is 14.2. The van der Waals surface area contributed by atoms with Crippen molar-refractivity contribution in [1.29, 1.82) is 5.26 Å². The molecule has 0 bridgehead atoms. The van der Waals surface area contributed by atoms with Crippen LogP contribution in [0.1, 0.15) is 34.8 Å². The molecule has 0 fully saturated rings. The molecule has 2 rings (SSSR count). The standard InChI is InChI=1S/C14H14N4OS/c1-9(2)7-12-17-18-14(20-12)16-13(19)11-5-3-10(8-15)4-6-11/h3-6,9H,7H2,1-2H3,(H,16,18,19). The first-order valence-corrected chi connectivity index (χ1v) is 7.04. The molecule has 0 aliphatic heterocycles. The molecule has 1 amide bonds. The van der Waals surface area contributed by atoms with E-state index in [1.807, 2.05) is 6.07 Å². The fraction of sp³-hybridized carbons (Fsp3) is 0.286. The van der Waals surface area contributed by atoms with Gasteiger partial charge in [-0.3, -0.25) is 10.1 Å². The van der Waals surface area contributed by atoms with Gasteiger partial charge in [0.15, 0.2) is 0 Å². The van der Waals surface area contributed by atoms with Crippen molar-refractivity contribution in [3.63, 3.8) is 0 Å². The third-order valence-corrected chi connectivity index (χ3v) is 3.41. The SMILES string of the molecule is CC(C)Cc1nnc(NC(=O)c2ccc(C#N)cc2)s1. The Labute approximate surface area is 121 Å². The van der Waals surface area contributed by atoms with Crippen LogP contribution in [0.3, 0.4) is 0 Å². The van der Waals surface area contributed by atoms with E-state index in [0.717, 1.165) is 11.4 Å². The third-order valence-electron chi connectivity index (χ3n) is 2.55. The van der Waals surface area contributed by atoms with E-state index in [4.69, 9.17) is 5.26 Å². The number of nitriles is 1. The molecule has 0 radical (unpaired) electrons. The Morgan fingerprint density at radius 2 is 2.05 bits per heavy atom. The highest BCUT2D eigenvalue weighted by Gasteiger charge is 2.11. The maximum atomic E-state index is 12.0. The van der Waals surface area contributed by atoms with Crippen LogP contribution in [-0.4, -0.2) is 16.1 Å². The Balaban J connectivity index is 2.03. The van der Waals surface area contributed by atoms with E-state index in [1.54, 1.807) is 24.3 Å². The number of nitrogens with zero attached hydrogens (tertiary/aromatic N) is 3. The molecule has 1 N–H and O–H groups in total. The number of anilines is 1. The van der Waals surface area contributed by atoms with Crippen LogP contribution < -0.4 is 5.32 Å². The third kappa shape index (κ3) is 3.62. The Bertz CT molecular complexity index is 640. The lowest BCUT2D eigenvalue weighted by Gasteiger charge is -2.01. The van der Waals surface area contributed by atoms with Gasteiger partial charge < -0.3 is 0 Å². The summed E-state index contributed by atoms with van der Waals surface area (Å²) in [5.41, 5.74) is 1.02. The van der Waals surface area contributed by atoms with E-state index in [0.29, 0.717) is 22.2 Å². The molecule has 20 heavy (non-hydrogen) atoms. The van der Waals surface area contributed by atoms with Gasteiger partial charge in [0, 0.05) is 12.0 Å². The molecule has 0 saturated carbocycles. The topological polar surface area (TPSA) is 78.7 Å². The number of carbonyl (C=O) groups is 1. The molecule has 0 saturated heterocycles. The number of hydrogen-bond acceptors (Lipinski definition) is 5. The second-order valence-corrected chi connectivity index (χ2v) is 5.80. The zero-order valence-electron chi connectivity index (χ0n) is 11.3. The molecule has 0 aliphatic carbocycles. The summed E-state index contributed by atoms with van der Waals surface area (Å²) in [5.74, 6) is 0.256. The van der Waals surface area contributed by atoms with Gasteiger partial charge in [-0.05, 0) is 30.2 Å². The zero-order chi connectivity index (χ0) is 14.5. The summed E-state index contributed by atoms with van der Waals surface area (Å²) in [7, 11) is 0. The Kier molecular flexibility index (Phi) is 4.43. The average molecular weight is 286 g/mol. The van der Waals surface area contributed by atoms with Gasteiger partial charge in [-0.15, -0.1) is 10.2 Å².